The molecule has 0 amide bonds. The average molecular weight is 197 g/mol. The summed E-state index contributed by atoms with van der Waals surface area (Å²) in [6, 6.07) is 0. The number of rotatable bonds is 3. The number of carbonyl (C=O) groups excluding carboxylic acids is 1. The van der Waals surface area contributed by atoms with Crippen molar-refractivity contribution in [3.05, 3.63) is 28.8 Å². The first-order valence-corrected chi connectivity index (χ1v) is 4.21. The summed E-state index contributed by atoms with van der Waals surface area (Å²) in [5, 5.41) is 0.241. The Kier molecular flexibility index (Phi) is 3.58. The summed E-state index contributed by atoms with van der Waals surface area (Å²) in [6.45, 7) is 1.84. The van der Waals surface area contributed by atoms with Gasteiger partial charge in [-0.3, -0.25) is 0 Å². The van der Waals surface area contributed by atoms with Gasteiger partial charge in [0.05, 0.1) is 0 Å². The van der Waals surface area contributed by atoms with Crippen LogP contribution in [0.3, 0.4) is 0 Å². The predicted octanol–water partition coefficient (Wildman–Crippen LogP) is 2.04. The van der Waals surface area contributed by atoms with Gasteiger partial charge in [0, 0.05) is 23.9 Å². The van der Waals surface area contributed by atoms with E-state index >= 15 is 0 Å². The maximum atomic E-state index is 10.0. The monoisotopic (exact) mass is 196 g/mol. The van der Waals surface area contributed by atoms with Gasteiger partial charge in [0.25, 0.3) is 0 Å². The SMILES string of the molecule is Cc1nc(Cl)ncc1C=CCC=O. The molecule has 0 unspecified atom stereocenters. The molecule has 1 aromatic rings. The molecular formula is C9H9ClN2O. The van der Waals surface area contributed by atoms with Crippen molar-refractivity contribution in [2.45, 2.75) is 13.3 Å². The molecule has 1 heterocycles. The highest BCUT2D eigenvalue weighted by molar-refractivity contribution is 6.28. The van der Waals surface area contributed by atoms with E-state index in [4.69, 9.17) is 11.6 Å². The van der Waals surface area contributed by atoms with Gasteiger partial charge >= 0.3 is 0 Å². The van der Waals surface area contributed by atoms with E-state index in [1.807, 2.05) is 6.92 Å². The summed E-state index contributed by atoms with van der Waals surface area (Å²) in [5.74, 6) is 0. The zero-order valence-electron chi connectivity index (χ0n) is 7.20. The second-order valence-electron chi connectivity index (χ2n) is 2.48. The number of carbonyl (C=O) groups is 1. The summed E-state index contributed by atoms with van der Waals surface area (Å²) >= 11 is 5.58. The summed E-state index contributed by atoms with van der Waals surface area (Å²) in [4.78, 5) is 17.8. The van der Waals surface area contributed by atoms with E-state index in [1.54, 1.807) is 18.3 Å². The van der Waals surface area contributed by atoms with Crippen LogP contribution >= 0.6 is 11.6 Å². The Hall–Kier alpha value is -1.22. The van der Waals surface area contributed by atoms with Crippen LogP contribution in [0.25, 0.3) is 6.08 Å². The lowest BCUT2D eigenvalue weighted by Crippen LogP contribution is -1.89. The van der Waals surface area contributed by atoms with Gasteiger partial charge in [-0.05, 0) is 18.5 Å². The molecule has 0 aliphatic heterocycles. The highest BCUT2D eigenvalue weighted by atomic mass is 35.5. The molecule has 1 rings (SSSR count). The third-order valence-electron chi connectivity index (χ3n) is 1.52. The molecule has 4 heteroatoms. The minimum absolute atomic E-state index is 0.241. The molecule has 0 N–H and O–H groups in total. The van der Waals surface area contributed by atoms with Crippen LogP contribution in [0.15, 0.2) is 12.3 Å². The van der Waals surface area contributed by atoms with Gasteiger partial charge in [0.1, 0.15) is 6.29 Å². The van der Waals surface area contributed by atoms with Gasteiger partial charge in [-0.2, -0.15) is 0 Å². The van der Waals surface area contributed by atoms with Crippen molar-refractivity contribution in [2.24, 2.45) is 0 Å². The van der Waals surface area contributed by atoms with Crippen LogP contribution in [0.2, 0.25) is 5.28 Å². The second kappa shape index (κ2) is 4.72. The van der Waals surface area contributed by atoms with E-state index in [9.17, 15) is 4.79 Å². The molecule has 1 aromatic heterocycles. The number of nitrogens with zero attached hydrogens (tertiary/aromatic N) is 2. The third-order valence-corrected chi connectivity index (χ3v) is 1.70. The van der Waals surface area contributed by atoms with E-state index in [-0.39, 0.29) is 5.28 Å². The summed E-state index contributed by atoms with van der Waals surface area (Å²) in [5.41, 5.74) is 1.69. The van der Waals surface area contributed by atoms with Crippen molar-refractivity contribution >= 4 is 24.0 Å². The maximum Gasteiger partial charge on any atom is 0.222 e. The molecule has 0 fully saturated rings. The van der Waals surface area contributed by atoms with Crippen LogP contribution < -0.4 is 0 Å². The van der Waals surface area contributed by atoms with Gasteiger partial charge in [0.2, 0.25) is 5.28 Å². The van der Waals surface area contributed by atoms with Gasteiger partial charge in [-0.15, -0.1) is 0 Å². The number of aldehydes is 1. The Morgan fingerprint density at radius 3 is 3.00 bits per heavy atom. The molecular weight excluding hydrogens is 188 g/mol. The van der Waals surface area contributed by atoms with Crippen LogP contribution in [0, 0.1) is 6.92 Å². The minimum Gasteiger partial charge on any atom is -0.303 e. The lowest BCUT2D eigenvalue weighted by Gasteiger charge is -1.97. The smallest absolute Gasteiger partial charge is 0.222 e. The van der Waals surface area contributed by atoms with Gasteiger partial charge in [-0.1, -0.05) is 12.2 Å². The van der Waals surface area contributed by atoms with Crippen molar-refractivity contribution in [3.63, 3.8) is 0 Å². The fourth-order valence-corrected chi connectivity index (χ4v) is 1.04. The Morgan fingerprint density at radius 1 is 1.62 bits per heavy atom. The standard InChI is InChI=1S/C9H9ClN2O/c1-7-8(4-2-3-5-13)6-11-9(10)12-7/h2,4-6H,3H2,1H3. The highest BCUT2D eigenvalue weighted by Crippen LogP contribution is 2.08. The molecule has 0 spiro atoms. The van der Waals surface area contributed by atoms with Crippen molar-refractivity contribution in [2.75, 3.05) is 0 Å². The highest BCUT2D eigenvalue weighted by Gasteiger charge is 1.96. The number of aryl methyl sites for hydroxylation is 1. The molecule has 0 aromatic carbocycles. The predicted molar refractivity (Wildman–Crippen MR) is 51.5 cm³/mol. The minimum atomic E-state index is 0.241. The molecule has 13 heavy (non-hydrogen) atoms. The van der Waals surface area contributed by atoms with Gasteiger partial charge in [0.15, 0.2) is 0 Å². The molecule has 3 nitrogen and oxygen atoms in total. The molecule has 0 aliphatic rings. The van der Waals surface area contributed by atoms with Crippen LogP contribution in [-0.4, -0.2) is 16.3 Å². The number of hydrogen-bond acceptors (Lipinski definition) is 3. The van der Waals surface area contributed by atoms with E-state index < -0.39 is 0 Å². The number of halogens is 1. The van der Waals surface area contributed by atoms with E-state index in [1.165, 1.54) is 0 Å². The van der Waals surface area contributed by atoms with Crippen LogP contribution in [0.5, 0.6) is 0 Å². The van der Waals surface area contributed by atoms with Crippen molar-refractivity contribution in [1.29, 1.82) is 0 Å². The lowest BCUT2D eigenvalue weighted by molar-refractivity contribution is -0.107. The number of aromatic nitrogens is 2. The topological polar surface area (TPSA) is 42.9 Å². The van der Waals surface area contributed by atoms with Crippen molar-refractivity contribution in [3.8, 4) is 0 Å². The largest absolute Gasteiger partial charge is 0.303 e. The van der Waals surface area contributed by atoms with Gasteiger partial charge in [-0.25, -0.2) is 9.97 Å². The Morgan fingerprint density at radius 2 is 2.38 bits per heavy atom. The van der Waals surface area contributed by atoms with Crippen LogP contribution in [0.4, 0.5) is 0 Å². The molecule has 0 bridgehead atoms. The Bertz CT molecular complexity index is 336. The quantitative estimate of drug-likeness (QED) is 0.549. The van der Waals surface area contributed by atoms with E-state index in [2.05, 4.69) is 9.97 Å². The lowest BCUT2D eigenvalue weighted by atomic mass is 10.2. The molecule has 0 saturated heterocycles. The van der Waals surface area contributed by atoms with E-state index in [0.717, 1.165) is 17.5 Å². The normalized spacial score (nSPS) is 10.6. The van der Waals surface area contributed by atoms with Crippen LogP contribution in [-0.2, 0) is 4.79 Å². The molecule has 0 saturated carbocycles. The summed E-state index contributed by atoms with van der Waals surface area (Å²) in [6.07, 6.45) is 6.43. The maximum absolute atomic E-state index is 10.0. The van der Waals surface area contributed by atoms with Crippen molar-refractivity contribution in [1.82, 2.24) is 9.97 Å². The fourth-order valence-electron chi connectivity index (χ4n) is 0.862. The average Bonchev–Trinajstić information content (AvgIpc) is 2.09. The summed E-state index contributed by atoms with van der Waals surface area (Å²) < 4.78 is 0. The van der Waals surface area contributed by atoms with Crippen molar-refractivity contribution < 1.29 is 4.79 Å². The fraction of sp³-hybridized carbons (Fsp3) is 0.222. The first kappa shape index (κ1) is 9.86. The molecule has 68 valence electrons. The first-order valence-electron chi connectivity index (χ1n) is 3.83. The Labute approximate surface area is 81.5 Å². The number of hydrogen-bond donors (Lipinski definition) is 0. The number of allylic oxidation sites excluding steroid dienone is 1. The van der Waals surface area contributed by atoms with E-state index in [0.29, 0.717) is 6.42 Å². The molecule has 0 radical (unpaired) electrons. The van der Waals surface area contributed by atoms with Gasteiger partial charge < -0.3 is 4.79 Å². The third kappa shape index (κ3) is 2.95. The molecule has 0 aliphatic carbocycles. The molecule has 0 atom stereocenters. The Balaban J connectivity index is 2.83. The van der Waals surface area contributed by atoms with Crippen LogP contribution in [0.1, 0.15) is 17.7 Å². The zero-order chi connectivity index (χ0) is 9.68. The second-order valence-corrected chi connectivity index (χ2v) is 2.82. The summed E-state index contributed by atoms with van der Waals surface area (Å²) in [7, 11) is 0. The zero-order valence-corrected chi connectivity index (χ0v) is 7.95. The first-order chi connectivity index (χ1) is 6.24.